The van der Waals surface area contributed by atoms with Gasteiger partial charge in [0.25, 0.3) is 0 Å². The van der Waals surface area contributed by atoms with Crippen molar-refractivity contribution in [3.05, 3.63) is 18.5 Å². The molecule has 0 aromatic carbocycles. The van der Waals surface area contributed by atoms with Gasteiger partial charge in [-0.05, 0) is 31.7 Å². The average Bonchev–Trinajstić information content (AvgIpc) is 3.10. The molecule has 2 aliphatic heterocycles. The number of likely N-dealkylation sites (tertiary alicyclic amines) is 1. The van der Waals surface area contributed by atoms with Crippen LogP contribution in [-0.2, 0) is 21.4 Å². The zero-order valence-corrected chi connectivity index (χ0v) is 13.4. The van der Waals surface area contributed by atoms with Crippen LogP contribution in [0, 0.1) is 0 Å². The summed E-state index contributed by atoms with van der Waals surface area (Å²) in [6.07, 6.45) is 7.25. The Labute approximate surface area is 130 Å². The molecule has 2 fully saturated rings. The Morgan fingerprint density at radius 2 is 2.09 bits per heavy atom. The molecule has 1 aromatic heterocycles. The van der Waals surface area contributed by atoms with Crippen LogP contribution in [-0.4, -0.2) is 64.7 Å². The van der Waals surface area contributed by atoms with E-state index in [9.17, 15) is 13.2 Å². The topological polar surface area (TPSA) is 75.5 Å². The molecule has 8 heteroatoms. The molecule has 2 aliphatic rings. The van der Waals surface area contributed by atoms with Crippen molar-refractivity contribution >= 4 is 15.9 Å². The Balaban J connectivity index is 1.66. The highest BCUT2D eigenvalue weighted by molar-refractivity contribution is 7.89. The van der Waals surface area contributed by atoms with E-state index in [1.165, 1.54) is 4.31 Å². The third-order valence-corrected chi connectivity index (χ3v) is 6.32. The van der Waals surface area contributed by atoms with Gasteiger partial charge in [-0.1, -0.05) is 0 Å². The molecule has 0 N–H and O–H groups in total. The number of hydrogen-bond acceptors (Lipinski definition) is 4. The number of hydrogen-bond donors (Lipinski definition) is 0. The maximum absolute atomic E-state index is 12.6. The number of amides is 1. The van der Waals surface area contributed by atoms with E-state index in [0.29, 0.717) is 26.1 Å². The molecule has 0 bridgehead atoms. The predicted octanol–water partition coefficient (Wildman–Crippen LogP) is 0.300. The van der Waals surface area contributed by atoms with Gasteiger partial charge in [0.15, 0.2) is 0 Å². The highest BCUT2D eigenvalue weighted by atomic mass is 32.2. The minimum Gasteiger partial charge on any atom is -0.337 e. The molecule has 0 unspecified atom stereocenters. The van der Waals surface area contributed by atoms with Crippen molar-refractivity contribution in [3.8, 4) is 0 Å². The molecule has 1 aromatic rings. The average molecular weight is 326 g/mol. The Morgan fingerprint density at radius 3 is 2.77 bits per heavy atom. The minimum absolute atomic E-state index is 0.0159. The molecule has 0 spiro atoms. The maximum atomic E-state index is 12.6. The second kappa shape index (κ2) is 6.37. The fourth-order valence-electron chi connectivity index (χ4n) is 3.25. The third kappa shape index (κ3) is 3.33. The largest absolute Gasteiger partial charge is 0.337 e. The molecule has 122 valence electrons. The number of sulfonamides is 1. The molecule has 0 aliphatic carbocycles. The van der Waals surface area contributed by atoms with E-state index in [0.717, 1.165) is 19.3 Å². The van der Waals surface area contributed by atoms with Crippen molar-refractivity contribution in [2.75, 3.05) is 25.4 Å². The smallest absolute Gasteiger partial charge is 0.238 e. The molecule has 3 heterocycles. The van der Waals surface area contributed by atoms with Gasteiger partial charge in [-0.3, -0.25) is 9.48 Å². The first-order valence-electron chi connectivity index (χ1n) is 7.81. The SMILES string of the molecule is O=C(CN1CCCS1(=O)=O)N1CCCC[C@H]1Cn1cccn1. The van der Waals surface area contributed by atoms with Crippen molar-refractivity contribution in [2.45, 2.75) is 38.3 Å². The number of piperidine rings is 1. The summed E-state index contributed by atoms with van der Waals surface area (Å²) in [5.41, 5.74) is 0. The van der Waals surface area contributed by atoms with Gasteiger partial charge < -0.3 is 4.90 Å². The first-order chi connectivity index (χ1) is 10.6. The van der Waals surface area contributed by atoms with Gasteiger partial charge in [0.1, 0.15) is 0 Å². The van der Waals surface area contributed by atoms with Crippen molar-refractivity contribution in [1.82, 2.24) is 19.0 Å². The summed E-state index contributed by atoms with van der Waals surface area (Å²) in [6, 6.07) is 1.97. The van der Waals surface area contributed by atoms with Crippen LogP contribution in [0.1, 0.15) is 25.7 Å². The van der Waals surface area contributed by atoms with Crippen LogP contribution in [0.5, 0.6) is 0 Å². The molecule has 0 saturated carbocycles. The molecule has 3 rings (SSSR count). The standard InChI is InChI=1S/C14H22N4O3S/c19-14(12-17-8-4-10-22(17,20)21)18-9-2-1-5-13(18)11-16-7-3-6-15-16/h3,6-7,13H,1-2,4-5,8-12H2/t13-/m0/s1. The molecular weight excluding hydrogens is 304 g/mol. The van der Waals surface area contributed by atoms with Crippen molar-refractivity contribution in [2.24, 2.45) is 0 Å². The van der Waals surface area contributed by atoms with E-state index >= 15 is 0 Å². The summed E-state index contributed by atoms with van der Waals surface area (Å²) in [4.78, 5) is 14.4. The van der Waals surface area contributed by atoms with Crippen molar-refractivity contribution < 1.29 is 13.2 Å². The summed E-state index contributed by atoms with van der Waals surface area (Å²) in [7, 11) is -3.22. The summed E-state index contributed by atoms with van der Waals surface area (Å²) in [5.74, 6) is 0.0825. The Bertz CT molecular complexity index is 614. The van der Waals surface area contributed by atoms with Gasteiger partial charge in [0.05, 0.1) is 24.9 Å². The molecule has 1 amide bonds. The van der Waals surface area contributed by atoms with Crippen LogP contribution in [0.3, 0.4) is 0 Å². The van der Waals surface area contributed by atoms with Crippen LogP contribution >= 0.6 is 0 Å². The Morgan fingerprint density at radius 1 is 1.23 bits per heavy atom. The first-order valence-corrected chi connectivity index (χ1v) is 9.42. The summed E-state index contributed by atoms with van der Waals surface area (Å²) in [5, 5.41) is 4.20. The molecule has 1 atom stereocenters. The normalized spacial score (nSPS) is 25.5. The zero-order valence-electron chi connectivity index (χ0n) is 12.6. The fourth-order valence-corrected chi connectivity index (χ4v) is 4.72. The quantitative estimate of drug-likeness (QED) is 0.797. The number of rotatable bonds is 4. The van der Waals surface area contributed by atoms with Crippen LogP contribution in [0.25, 0.3) is 0 Å². The lowest BCUT2D eigenvalue weighted by molar-refractivity contribution is -0.135. The number of carbonyl (C=O) groups excluding carboxylic acids is 1. The summed E-state index contributed by atoms with van der Waals surface area (Å²) < 4.78 is 26.9. The lowest BCUT2D eigenvalue weighted by Gasteiger charge is -2.36. The highest BCUT2D eigenvalue weighted by Gasteiger charge is 2.33. The highest BCUT2D eigenvalue weighted by Crippen LogP contribution is 2.20. The second-order valence-electron chi connectivity index (χ2n) is 5.97. The molecule has 2 saturated heterocycles. The maximum Gasteiger partial charge on any atom is 0.238 e. The molecule has 7 nitrogen and oxygen atoms in total. The molecule has 0 radical (unpaired) electrons. The van der Waals surface area contributed by atoms with Crippen LogP contribution < -0.4 is 0 Å². The van der Waals surface area contributed by atoms with E-state index in [2.05, 4.69) is 5.10 Å². The number of carbonyl (C=O) groups is 1. The second-order valence-corrected chi connectivity index (χ2v) is 8.06. The van der Waals surface area contributed by atoms with E-state index < -0.39 is 10.0 Å². The van der Waals surface area contributed by atoms with Gasteiger partial charge in [-0.2, -0.15) is 9.40 Å². The van der Waals surface area contributed by atoms with Crippen LogP contribution in [0.2, 0.25) is 0 Å². The summed E-state index contributed by atoms with van der Waals surface area (Å²) in [6.45, 7) is 1.83. The van der Waals surface area contributed by atoms with Gasteiger partial charge in [-0.25, -0.2) is 8.42 Å². The summed E-state index contributed by atoms with van der Waals surface area (Å²) >= 11 is 0. The predicted molar refractivity (Wildman–Crippen MR) is 81.6 cm³/mol. The Hall–Kier alpha value is -1.41. The zero-order chi connectivity index (χ0) is 15.6. The minimum atomic E-state index is -3.22. The number of aromatic nitrogens is 2. The lowest BCUT2D eigenvalue weighted by atomic mass is 10.0. The van der Waals surface area contributed by atoms with Crippen molar-refractivity contribution in [3.63, 3.8) is 0 Å². The molecule has 22 heavy (non-hydrogen) atoms. The van der Waals surface area contributed by atoms with Gasteiger partial charge in [0, 0.05) is 25.5 Å². The third-order valence-electron chi connectivity index (χ3n) is 4.42. The van der Waals surface area contributed by atoms with Crippen LogP contribution in [0.4, 0.5) is 0 Å². The monoisotopic (exact) mass is 326 g/mol. The van der Waals surface area contributed by atoms with Gasteiger partial charge in [0.2, 0.25) is 15.9 Å². The van der Waals surface area contributed by atoms with Gasteiger partial charge >= 0.3 is 0 Å². The van der Waals surface area contributed by atoms with E-state index in [4.69, 9.17) is 0 Å². The Kier molecular flexibility index (Phi) is 4.49. The van der Waals surface area contributed by atoms with Crippen LogP contribution in [0.15, 0.2) is 18.5 Å². The van der Waals surface area contributed by atoms with E-state index in [-0.39, 0.29) is 24.2 Å². The van der Waals surface area contributed by atoms with E-state index in [1.807, 2.05) is 21.8 Å². The molecular formula is C14H22N4O3S. The van der Waals surface area contributed by atoms with Gasteiger partial charge in [-0.15, -0.1) is 0 Å². The van der Waals surface area contributed by atoms with E-state index in [1.54, 1.807) is 6.20 Å². The lowest BCUT2D eigenvalue weighted by Crippen LogP contribution is -2.49. The van der Waals surface area contributed by atoms with Crippen molar-refractivity contribution in [1.29, 1.82) is 0 Å². The fraction of sp³-hybridized carbons (Fsp3) is 0.714. The first kappa shape index (κ1) is 15.5. The number of nitrogens with zero attached hydrogens (tertiary/aromatic N) is 4.